The van der Waals surface area contributed by atoms with Crippen LogP contribution in [0.3, 0.4) is 0 Å². The Morgan fingerprint density at radius 2 is 1.93 bits per heavy atom. The van der Waals surface area contributed by atoms with Crippen molar-refractivity contribution in [3.63, 3.8) is 0 Å². The first-order valence-electron chi connectivity index (χ1n) is 10.4. The van der Waals surface area contributed by atoms with Crippen molar-refractivity contribution in [3.8, 4) is 0 Å². The van der Waals surface area contributed by atoms with Crippen molar-refractivity contribution in [1.82, 2.24) is 14.8 Å². The molecule has 2 heterocycles. The van der Waals surface area contributed by atoms with E-state index in [-0.39, 0.29) is 11.8 Å². The fourth-order valence-electron chi connectivity index (χ4n) is 4.71. The van der Waals surface area contributed by atoms with Crippen molar-refractivity contribution < 1.29 is 4.79 Å². The van der Waals surface area contributed by atoms with E-state index in [0.29, 0.717) is 6.04 Å². The van der Waals surface area contributed by atoms with E-state index in [0.717, 1.165) is 56.9 Å². The fraction of sp³-hybridized carbons (Fsp3) is 0.591. The van der Waals surface area contributed by atoms with Gasteiger partial charge in [-0.05, 0) is 69.5 Å². The summed E-state index contributed by atoms with van der Waals surface area (Å²) in [7, 11) is 0. The van der Waals surface area contributed by atoms with E-state index in [1.807, 2.05) is 6.07 Å². The summed E-state index contributed by atoms with van der Waals surface area (Å²) in [6.45, 7) is 6.04. The van der Waals surface area contributed by atoms with Crippen LogP contribution in [0, 0.1) is 5.92 Å². The number of fused-ring (bicyclic) bond motifs is 1. The van der Waals surface area contributed by atoms with Gasteiger partial charge in [-0.15, -0.1) is 0 Å². The van der Waals surface area contributed by atoms with Gasteiger partial charge in [0.2, 0.25) is 5.91 Å². The molecule has 1 aromatic heterocycles. The smallest absolute Gasteiger partial charge is 0.223 e. The normalized spacial score (nSPS) is 19.8. The Labute approximate surface area is 166 Å². The largest absolute Gasteiger partial charge is 0.353 e. The zero-order valence-corrected chi connectivity index (χ0v) is 17.0. The lowest BCUT2D eigenvalue weighted by Gasteiger charge is -2.31. The Hall–Kier alpha value is -1.52. The van der Waals surface area contributed by atoms with Crippen molar-refractivity contribution in [2.45, 2.75) is 64.6 Å². The number of hydrogen-bond donors (Lipinski definition) is 1. The molecular formula is C22H30ClN3O. The van der Waals surface area contributed by atoms with Gasteiger partial charge in [-0.25, -0.2) is 0 Å². The Morgan fingerprint density at radius 3 is 2.63 bits per heavy atom. The molecule has 1 aliphatic carbocycles. The van der Waals surface area contributed by atoms with E-state index in [2.05, 4.69) is 40.0 Å². The zero-order chi connectivity index (χ0) is 18.8. The molecule has 1 saturated carbocycles. The molecule has 0 atom stereocenters. The zero-order valence-electron chi connectivity index (χ0n) is 16.2. The van der Waals surface area contributed by atoms with Gasteiger partial charge in [0.25, 0.3) is 0 Å². The molecule has 5 heteroatoms. The first-order valence-corrected chi connectivity index (χ1v) is 10.8. The summed E-state index contributed by atoms with van der Waals surface area (Å²) in [5.74, 6) is 0.476. The van der Waals surface area contributed by atoms with E-state index in [1.54, 1.807) is 0 Å². The van der Waals surface area contributed by atoms with Crippen LogP contribution >= 0.6 is 11.6 Å². The molecule has 2 aromatic rings. The molecule has 1 saturated heterocycles. The summed E-state index contributed by atoms with van der Waals surface area (Å²) < 4.78 is 2.29. The second-order valence-corrected chi connectivity index (χ2v) is 8.58. The molecule has 1 aliphatic heterocycles. The molecule has 0 unspecified atom stereocenters. The molecule has 0 spiro atoms. The van der Waals surface area contributed by atoms with Gasteiger partial charge < -0.3 is 9.88 Å². The average molecular weight is 388 g/mol. The van der Waals surface area contributed by atoms with Crippen molar-refractivity contribution in [1.29, 1.82) is 0 Å². The maximum absolute atomic E-state index is 12.5. The first kappa shape index (κ1) is 18.8. The third-order valence-corrected chi connectivity index (χ3v) is 6.56. The van der Waals surface area contributed by atoms with Crippen LogP contribution in [0.15, 0.2) is 24.4 Å². The Kier molecular flexibility index (Phi) is 5.74. The van der Waals surface area contributed by atoms with E-state index in [1.165, 1.54) is 29.3 Å². The molecular weight excluding hydrogens is 358 g/mol. The summed E-state index contributed by atoms with van der Waals surface area (Å²) in [5, 5.41) is 5.33. The molecule has 146 valence electrons. The molecule has 4 nitrogen and oxygen atoms in total. The SMILES string of the molecule is CCn1cc(CN2CCC(C(=O)NC3CCCC3)CC2)c2cc(Cl)ccc21. The molecule has 0 bridgehead atoms. The number of likely N-dealkylation sites (tertiary alicyclic amines) is 1. The van der Waals surface area contributed by atoms with Crippen LogP contribution in [-0.4, -0.2) is 34.5 Å². The third kappa shape index (κ3) is 4.17. The Morgan fingerprint density at radius 1 is 1.19 bits per heavy atom. The first-order chi connectivity index (χ1) is 13.1. The second-order valence-electron chi connectivity index (χ2n) is 8.14. The number of amides is 1. The monoisotopic (exact) mass is 387 g/mol. The molecule has 27 heavy (non-hydrogen) atoms. The van der Waals surface area contributed by atoms with Gasteiger partial charge in [0.1, 0.15) is 0 Å². The maximum atomic E-state index is 12.5. The van der Waals surface area contributed by atoms with Crippen LogP contribution in [-0.2, 0) is 17.9 Å². The summed E-state index contributed by atoms with van der Waals surface area (Å²) in [4.78, 5) is 15.0. The fourth-order valence-corrected chi connectivity index (χ4v) is 4.89. The van der Waals surface area contributed by atoms with Crippen molar-refractivity contribution in [2.24, 2.45) is 5.92 Å². The summed E-state index contributed by atoms with van der Waals surface area (Å²) >= 11 is 6.24. The van der Waals surface area contributed by atoms with Crippen LogP contribution in [0.25, 0.3) is 10.9 Å². The third-order valence-electron chi connectivity index (χ3n) is 6.32. The highest BCUT2D eigenvalue weighted by molar-refractivity contribution is 6.31. The summed E-state index contributed by atoms with van der Waals surface area (Å²) in [5.41, 5.74) is 2.59. The van der Waals surface area contributed by atoms with Crippen LogP contribution in [0.2, 0.25) is 5.02 Å². The molecule has 2 fully saturated rings. The Balaban J connectivity index is 1.37. The minimum Gasteiger partial charge on any atom is -0.353 e. The number of hydrogen-bond acceptors (Lipinski definition) is 2. The number of benzene rings is 1. The number of nitrogens with one attached hydrogen (secondary N) is 1. The second kappa shape index (κ2) is 8.24. The van der Waals surface area contributed by atoms with Gasteiger partial charge in [-0.3, -0.25) is 9.69 Å². The van der Waals surface area contributed by atoms with Crippen molar-refractivity contribution in [3.05, 3.63) is 35.0 Å². The Bertz CT molecular complexity index is 801. The topological polar surface area (TPSA) is 37.3 Å². The average Bonchev–Trinajstić information content (AvgIpc) is 3.30. The molecule has 1 aromatic carbocycles. The highest BCUT2D eigenvalue weighted by Gasteiger charge is 2.27. The summed E-state index contributed by atoms with van der Waals surface area (Å²) in [6.07, 6.45) is 9.04. The molecule has 2 aliphatic rings. The van der Waals surface area contributed by atoms with Gasteiger partial charge in [0.05, 0.1) is 0 Å². The van der Waals surface area contributed by atoms with E-state index in [9.17, 15) is 4.79 Å². The number of piperidine rings is 1. The highest BCUT2D eigenvalue weighted by atomic mass is 35.5. The van der Waals surface area contributed by atoms with E-state index >= 15 is 0 Å². The highest BCUT2D eigenvalue weighted by Crippen LogP contribution is 2.28. The van der Waals surface area contributed by atoms with Crippen LogP contribution in [0.4, 0.5) is 0 Å². The lowest BCUT2D eigenvalue weighted by atomic mass is 9.95. The number of nitrogens with zero attached hydrogens (tertiary/aromatic N) is 2. The molecule has 1 amide bonds. The van der Waals surface area contributed by atoms with Crippen LogP contribution < -0.4 is 5.32 Å². The predicted molar refractivity (Wildman–Crippen MR) is 111 cm³/mol. The van der Waals surface area contributed by atoms with Gasteiger partial charge in [-0.1, -0.05) is 24.4 Å². The molecule has 4 rings (SSSR count). The van der Waals surface area contributed by atoms with Gasteiger partial charge in [-0.2, -0.15) is 0 Å². The summed E-state index contributed by atoms with van der Waals surface area (Å²) in [6, 6.07) is 6.60. The lowest BCUT2D eigenvalue weighted by molar-refractivity contribution is -0.127. The lowest BCUT2D eigenvalue weighted by Crippen LogP contribution is -2.42. The molecule has 1 N–H and O–H groups in total. The van der Waals surface area contributed by atoms with Crippen molar-refractivity contribution in [2.75, 3.05) is 13.1 Å². The van der Waals surface area contributed by atoms with E-state index in [4.69, 9.17) is 11.6 Å². The van der Waals surface area contributed by atoms with Crippen LogP contribution in [0.1, 0.15) is 51.0 Å². The predicted octanol–water partition coefficient (Wildman–Crippen LogP) is 4.59. The van der Waals surface area contributed by atoms with E-state index < -0.39 is 0 Å². The van der Waals surface area contributed by atoms with Crippen molar-refractivity contribution >= 4 is 28.4 Å². The number of aryl methyl sites for hydroxylation is 1. The van der Waals surface area contributed by atoms with Crippen LogP contribution in [0.5, 0.6) is 0 Å². The number of aromatic nitrogens is 1. The minimum atomic E-state index is 0.188. The van der Waals surface area contributed by atoms with Gasteiger partial charge in [0.15, 0.2) is 0 Å². The van der Waals surface area contributed by atoms with Gasteiger partial charge in [0, 0.05) is 47.2 Å². The number of carbonyl (C=O) groups is 1. The number of rotatable bonds is 5. The maximum Gasteiger partial charge on any atom is 0.223 e. The quantitative estimate of drug-likeness (QED) is 0.814. The number of halogens is 1. The molecule has 0 radical (unpaired) electrons. The van der Waals surface area contributed by atoms with Gasteiger partial charge >= 0.3 is 0 Å². The number of carbonyl (C=O) groups excluding carboxylic acids is 1. The standard InChI is InChI=1S/C22H30ClN3O/c1-2-26-15-17(20-13-18(23)7-8-21(20)26)14-25-11-9-16(10-12-25)22(27)24-19-5-3-4-6-19/h7-8,13,15-16,19H,2-6,9-12,14H2,1H3,(H,24,27). The minimum absolute atomic E-state index is 0.188.